The highest BCUT2D eigenvalue weighted by Gasteiger charge is 2.15. The quantitative estimate of drug-likeness (QED) is 0.609. The summed E-state index contributed by atoms with van der Waals surface area (Å²) in [7, 11) is 1.64. The Bertz CT molecular complexity index is 349. The first-order chi connectivity index (χ1) is 8.75. The van der Waals surface area contributed by atoms with Crippen LogP contribution in [0.2, 0.25) is 0 Å². The molecule has 1 unspecified atom stereocenters. The third-order valence-electron chi connectivity index (χ3n) is 2.45. The molecule has 0 spiro atoms. The van der Waals surface area contributed by atoms with Crippen LogP contribution in [0.5, 0.6) is 0 Å². The lowest BCUT2D eigenvalue weighted by atomic mass is 10.1. The zero-order chi connectivity index (χ0) is 13.2. The van der Waals surface area contributed by atoms with E-state index in [1.807, 2.05) is 6.07 Å². The first-order valence-electron chi connectivity index (χ1n) is 5.96. The minimum Gasteiger partial charge on any atom is -0.383 e. The fourth-order valence-electron chi connectivity index (χ4n) is 1.46. The first kappa shape index (κ1) is 17.9. The topological polar surface area (TPSA) is 70.6 Å². The maximum absolute atomic E-state index is 11.6. The molecule has 1 rings (SSSR count). The Morgan fingerprint density at radius 2 is 1.95 bits per heavy atom. The largest absolute Gasteiger partial charge is 0.383 e. The van der Waals surface area contributed by atoms with Gasteiger partial charge in [-0.3, -0.25) is 4.79 Å². The van der Waals surface area contributed by atoms with Gasteiger partial charge in [-0.15, -0.1) is 12.4 Å². The van der Waals surface area contributed by atoms with Crippen molar-refractivity contribution in [3.63, 3.8) is 0 Å². The number of aliphatic hydroxyl groups excluding tert-OH is 1. The normalized spacial score (nSPS) is 11.5. The molecule has 108 valence electrons. The summed E-state index contributed by atoms with van der Waals surface area (Å²) in [5, 5.41) is 15.5. The highest BCUT2D eigenvalue weighted by Crippen LogP contribution is 2.11. The van der Waals surface area contributed by atoms with Crippen molar-refractivity contribution in [1.29, 1.82) is 0 Å². The van der Waals surface area contributed by atoms with Gasteiger partial charge in [0.05, 0.1) is 6.61 Å². The number of aliphatic hydroxyl groups is 1. The highest BCUT2D eigenvalue weighted by atomic mass is 35.5. The lowest BCUT2D eigenvalue weighted by molar-refractivity contribution is -0.129. The second-order valence-electron chi connectivity index (χ2n) is 3.85. The number of halogens is 1. The molecule has 0 aromatic heterocycles. The molecule has 0 aliphatic heterocycles. The number of ether oxygens (including phenoxy) is 1. The second-order valence-corrected chi connectivity index (χ2v) is 3.85. The predicted octanol–water partition coefficient (Wildman–Crippen LogP) is 0.494. The fraction of sp³-hybridized carbons (Fsp3) is 0.462. The Balaban J connectivity index is 0.00000324. The molecular formula is C13H21ClN2O3. The summed E-state index contributed by atoms with van der Waals surface area (Å²) >= 11 is 0. The summed E-state index contributed by atoms with van der Waals surface area (Å²) in [4.78, 5) is 11.6. The number of rotatable bonds is 8. The average molecular weight is 289 g/mol. The van der Waals surface area contributed by atoms with Gasteiger partial charge in [0, 0.05) is 26.7 Å². The standard InChI is InChI=1S/C13H20N2O3.ClH/c1-18-10-9-14-7-8-15-13(17)12(16)11-5-3-2-4-6-11;/h2-6,12,14,16H,7-10H2,1H3,(H,15,17);1H. The number of methoxy groups -OCH3 is 1. The maximum atomic E-state index is 11.6. The molecular weight excluding hydrogens is 268 g/mol. The maximum Gasteiger partial charge on any atom is 0.253 e. The van der Waals surface area contributed by atoms with Crippen molar-refractivity contribution in [1.82, 2.24) is 10.6 Å². The van der Waals surface area contributed by atoms with Gasteiger partial charge in [-0.2, -0.15) is 0 Å². The van der Waals surface area contributed by atoms with Crippen LogP contribution in [0.3, 0.4) is 0 Å². The molecule has 1 atom stereocenters. The number of carbonyl (C=O) groups excluding carboxylic acids is 1. The fourth-order valence-corrected chi connectivity index (χ4v) is 1.46. The van der Waals surface area contributed by atoms with Crippen molar-refractivity contribution < 1.29 is 14.6 Å². The van der Waals surface area contributed by atoms with E-state index in [1.54, 1.807) is 31.4 Å². The van der Waals surface area contributed by atoms with Crippen LogP contribution in [0.25, 0.3) is 0 Å². The average Bonchev–Trinajstić information content (AvgIpc) is 2.42. The Labute approximate surface area is 119 Å². The van der Waals surface area contributed by atoms with E-state index in [0.29, 0.717) is 25.3 Å². The number of hydrogen-bond acceptors (Lipinski definition) is 4. The van der Waals surface area contributed by atoms with Crippen molar-refractivity contribution >= 4 is 18.3 Å². The van der Waals surface area contributed by atoms with Gasteiger partial charge in [0.1, 0.15) is 0 Å². The molecule has 0 aliphatic rings. The zero-order valence-corrected chi connectivity index (χ0v) is 11.8. The number of nitrogens with one attached hydrogen (secondary N) is 2. The van der Waals surface area contributed by atoms with Crippen molar-refractivity contribution in [3.8, 4) is 0 Å². The van der Waals surface area contributed by atoms with Crippen LogP contribution in [-0.2, 0) is 9.53 Å². The zero-order valence-electron chi connectivity index (χ0n) is 11.0. The van der Waals surface area contributed by atoms with E-state index in [9.17, 15) is 9.90 Å². The summed E-state index contributed by atoms with van der Waals surface area (Å²) in [6.45, 7) is 2.51. The Hall–Kier alpha value is -1.14. The minimum atomic E-state index is -1.11. The summed E-state index contributed by atoms with van der Waals surface area (Å²) < 4.78 is 4.88. The van der Waals surface area contributed by atoms with Gasteiger partial charge >= 0.3 is 0 Å². The van der Waals surface area contributed by atoms with Crippen molar-refractivity contribution in [2.24, 2.45) is 0 Å². The highest BCUT2D eigenvalue weighted by molar-refractivity contribution is 5.85. The molecule has 1 aromatic rings. The van der Waals surface area contributed by atoms with Crippen LogP contribution in [-0.4, -0.2) is 44.4 Å². The molecule has 6 heteroatoms. The van der Waals surface area contributed by atoms with Crippen LogP contribution >= 0.6 is 12.4 Å². The van der Waals surface area contributed by atoms with Crippen molar-refractivity contribution in [2.45, 2.75) is 6.10 Å². The molecule has 1 aromatic carbocycles. The molecule has 0 heterocycles. The van der Waals surface area contributed by atoms with E-state index in [2.05, 4.69) is 10.6 Å². The third kappa shape index (κ3) is 7.12. The Morgan fingerprint density at radius 1 is 1.26 bits per heavy atom. The SMILES string of the molecule is COCCNCCNC(=O)C(O)c1ccccc1.Cl. The smallest absolute Gasteiger partial charge is 0.253 e. The van der Waals surface area contributed by atoms with Crippen molar-refractivity contribution in [2.75, 3.05) is 33.4 Å². The van der Waals surface area contributed by atoms with E-state index in [0.717, 1.165) is 6.54 Å². The molecule has 19 heavy (non-hydrogen) atoms. The van der Waals surface area contributed by atoms with Crippen LogP contribution in [0, 0.1) is 0 Å². The molecule has 0 bridgehead atoms. The molecule has 0 radical (unpaired) electrons. The number of amides is 1. The summed E-state index contributed by atoms with van der Waals surface area (Å²) in [6.07, 6.45) is -1.11. The first-order valence-corrected chi connectivity index (χ1v) is 5.96. The van der Waals surface area contributed by atoms with Crippen LogP contribution < -0.4 is 10.6 Å². The van der Waals surface area contributed by atoms with Crippen LogP contribution in [0.1, 0.15) is 11.7 Å². The minimum absolute atomic E-state index is 0. The van der Waals surface area contributed by atoms with Crippen LogP contribution in [0.4, 0.5) is 0 Å². The molecule has 0 aliphatic carbocycles. The van der Waals surface area contributed by atoms with Gasteiger partial charge in [-0.1, -0.05) is 30.3 Å². The second kappa shape index (κ2) is 10.8. The Kier molecular flexibility index (Phi) is 10.1. The van der Waals surface area contributed by atoms with E-state index in [4.69, 9.17) is 4.74 Å². The lowest BCUT2D eigenvalue weighted by Gasteiger charge is -2.11. The summed E-state index contributed by atoms with van der Waals surface area (Å²) in [5.41, 5.74) is 0.599. The van der Waals surface area contributed by atoms with Gasteiger partial charge in [0.25, 0.3) is 5.91 Å². The number of carbonyl (C=O) groups is 1. The lowest BCUT2D eigenvalue weighted by Crippen LogP contribution is -2.35. The van der Waals surface area contributed by atoms with Crippen molar-refractivity contribution in [3.05, 3.63) is 35.9 Å². The number of hydrogen-bond donors (Lipinski definition) is 3. The molecule has 3 N–H and O–H groups in total. The summed E-state index contributed by atoms with van der Waals surface area (Å²) in [6, 6.07) is 8.87. The predicted molar refractivity (Wildman–Crippen MR) is 76.4 cm³/mol. The van der Waals surface area contributed by atoms with E-state index < -0.39 is 6.10 Å². The van der Waals surface area contributed by atoms with Gasteiger partial charge in [0.2, 0.25) is 0 Å². The van der Waals surface area contributed by atoms with Gasteiger partial charge in [-0.25, -0.2) is 0 Å². The monoisotopic (exact) mass is 288 g/mol. The molecule has 1 amide bonds. The van der Waals surface area contributed by atoms with Gasteiger partial charge in [-0.05, 0) is 5.56 Å². The molecule has 5 nitrogen and oxygen atoms in total. The molecule has 0 saturated heterocycles. The van der Waals surface area contributed by atoms with Gasteiger partial charge in [0.15, 0.2) is 6.10 Å². The van der Waals surface area contributed by atoms with E-state index in [1.165, 1.54) is 0 Å². The number of benzene rings is 1. The Morgan fingerprint density at radius 3 is 2.58 bits per heavy atom. The molecule has 0 saturated carbocycles. The molecule has 0 fully saturated rings. The third-order valence-corrected chi connectivity index (χ3v) is 2.45. The van der Waals surface area contributed by atoms with Gasteiger partial charge < -0.3 is 20.5 Å². The van der Waals surface area contributed by atoms with E-state index >= 15 is 0 Å². The van der Waals surface area contributed by atoms with Crippen LogP contribution in [0.15, 0.2) is 30.3 Å². The summed E-state index contributed by atoms with van der Waals surface area (Å²) in [5.74, 6) is -0.380. The van der Waals surface area contributed by atoms with E-state index in [-0.39, 0.29) is 18.3 Å².